The van der Waals surface area contributed by atoms with E-state index in [-0.39, 0.29) is 11.4 Å². The second-order valence-corrected chi connectivity index (χ2v) is 4.18. The van der Waals surface area contributed by atoms with E-state index in [4.69, 9.17) is 9.84 Å². The number of rotatable bonds is 9. The summed E-state index contributed by atoms with van der Waals surface area (Å²) in [4.78, 5) is 10.3. The molecule has 18 heavy (non-hydrogen) atoms. The molecule has 0 aromatic rings. The summed E-state index contributed by atoms with van der Waals surface area (Å²) in [6.07, 6.45) is 9.32. The minimum absolute atomic E-state index is 0. The number of carbonyl (C=O) groups excluding carboxylic acids is 1. The standard InChI is InChI=1S/C8H16O2.C6H14O.H2O/c1-3-4-5-6-7-10-8(2)9;1-2-3-4-5-6-7;/h3-7H2,1-2H3;7H,2-6H2,1H3;1H2. The third-order valence-corrected chi connectivity index (χ3v) is 2.31. The van der Waals surface area contributed by atoms with E-state index in [0.29, 0.717) is 13.2 Å². The molecule has 0 atom stereocenters. The van der Waals surface area contributed by atoms with Crippen LogP contribution in [0, 0.1) is 0 Å². The Morgan fingerprint density at radius 2 is 1.44 bits per heavy atom. The molecule has 0 amide bonds. The summed E-state index contributed by atoms with van der Waals surface area (Å²) in [5.41, 5.74) is 0. The highest BCUT2D eigenvalue weighted by Crippen LogP contribution is 1.98. The topological polar surface area (TPSA) is 78.0 Å². The van der Waals surface area contributed by atoms with Crippen molar-refractivity contribution in [1.82, 2.24) is 0 Å². The Morgan fingerprint density at radius 3 is 1.83 bits per heavy atom. The second-order valence-electron chi connectivity index (χ2n) is 4.18. The lowest BCUT2D eigenvalue weighted by Gasteiger charge is -1.99. The predicted octanol–water partition coefficient (Wildman–Crippen LogP) is 2.86. The van der Waals surface area contributed by atoms with Gasteiger partial charge in [-0.2, -0.15) is 0 Å². The quantitative estimate of drug-likeness (QED) is 0.514. The first kappa shape index (κ1) is 22.6. The first-order valence-corrected chi connectivity index (χ1v) is 6.93. The molecule has 0 bridgehead atoms. The van der Waals surface area contributed by atoms with Gasteiger partial charge < -0.3 is 15.3 Å². The zero-order chi connectivity index (χ0) is 13.4. The van der Waals surface area contributed by atoms with Crippen molar-refractivity contribution in [3.05, 3.63) is 0 Å². The SMILES string of the molecule is CCCCCCO.CCCCCCOC(C)=O.O. The van der Waals surface area contributed by atoms with Crippen molar-refractivity contribution < 1.29 is 20.1 Å². The number of esters is 1. The molecule has 0 saturated heterocycles. The molecule has 0 unspecified atom stereocenters. The molecule has 0 rings (SSSR count). The van der Waals surface area contributed by atoms with Crippen LogP contribution in [0.3, 0.4) is 0 Å². The summed E-state index contributed by atoms with van der Waals surface area (Å²) in [7, 11) is 0. The number of hydrogen-bond donors (Lipinski definition) is 1. The lowest BCUT2D eigenvalue weighted by molar-refractivity contribution is -0.141. The smallest absolute Gasteiger partial charge is 0.302 e. The molecule has 0 radical (unpaired) electrons. The minimum atomic E-state index is -0.170. The van der Waals surface area contributed by atoms with Crippen molar-refractivity contribution in [2.75, 3.05) is 13.2 Å². The van der Waals surface area contributed by atoms with Gasteiger partial charge in [-0.15, -0.1) is 0 Å². The van der Waals surface area contributed by atoms with Crippen molar-refractivity contribution in [1.29, 1.82) is 0 Å². The molecular weight excluding hydrogens is 232 g/mol. The van der Waals surface area contributed by atoms with Gasteiger partial charge in [0.05, 0.1) is 6.61 Å². The zero-order valence-corrected chi connectivity index (χ0v) is 12.3. The van der Waals surface area contributed by atoms with Crippen LogP contribution in [-0.4, -0.2) is 29.8 Å². The maximum absolute atomic E-state index is 10.3. The molecule has 0 heterocycles. The normalized spacial score (nSPS) is 8.89. The lowest BCUT2D eigenvalue weighted by Crippen LogP contribution is -1.99. The Hall–Kier alpha value is -0.610. The van der Waals surface area contributed by atoms with Crippen LogP contribution in [0.15, 0.2) is 0 Å². The lowest BCUT2D eigenvalue weighted by atomic mass is 10.2. The fourth-order valence-electron chi connectivity index (χ4n) is 1.28. The maximum Gasteiger partial charge on any atom is 0.302 e. The van der Waals surface area contributed by atoms with E-state index in [0.717, 1.165) is 12.8 Å². The molecule has 0 saturated carbocycles. The largest absolute Gasteiger partial charge is 0.466 e. The van der Waals surface area contributed by atoms with Gasteiger partial charge >= 0.3 is 5.97 Å². The summed E-state index contributed by atoms with van der Waals surface area (Å²) < 4.78 is 4.75. The Bertz CT molecular complexity index is 145. The highest BCUT2D eigenvalue weighted by Gasteiger charge is 1.91. The molecule has 3 N–H and O–H groups in total. The molecule has 4 heteroatoms. The summed E-state index contributed by atoms with van der Waals surface area (Å²) in [5, 5.41) is 8.29. The van der Waals surface area contributed by atoms with Crippen molar-refractivity contribution in [3.63, 3.8) is 0 Å². The fraction of sp³-hybridized carbons (Fsp3) is 0.929. The average Bonchev–Trinajstić information content (AvgIpc) is 2.30. The van der Waals surface area contributed by atoms with Gasteiger partial charge in [-0.3, -0.25) is 4.79 Å². The van der Waals surface area contributed by atoms with Gasteiger partial charge in [0.1, 0.15) is 0 Å². The van der Waals surface area contributed by atoms with Crippen LogP contribution in [0.1, 0.15) is 72.1 Å². The van der Waals surface area contributed by atoms with Gasteiger partial charge in [-0.05, 0) is 12.8 Å². The third kappa shape index (κ3) is 29.5. The Morgan fingerprint density at radius 1 is 0.944 bits per heavy atom. The van der Waals surface area contributed by atoms with Crippen LogP contribution in [0.2, 0.25) is 0 Å². The van der Waals surface area contributed by atoms with Crippen LogP contribution >= 0.6 is 0 Å². The van der Waals surface area contributed by atoms with Gasteiger partial charge in [0.15, 0.2) is 0 Å². The van der Waals surface area contributed by atoms with Gasteiger partial charge in [0.2, 0.25) is 0 Å². The highest BCUT2D eigenvalue weighted by atomic mass is 16.5. The number of unbranched alkanes of at least 4 members (excludes halogenated alkanes) is 6. The van der Waals surface area contributed by atoms with Gasteiger partial charge in [0.25, 0.3) is 0 Å². The van der Waals surface area contributed by atoms with E-state index < -0.39 is 0 Å². The van der Waals surface area contributed by atoms with Crippen LogP contribution in [0.5, 0.6) is 0 Å². The molecule has 0 aliphatic heterocycles. The van der Waals surface area contributed by atoms with Crippen molar-refractivity contribution in [2.45, 2.75) is 72.1 Å². The van der Waals surface area contributed by atoms with Gasteiger partial charge in [-0.1, -0.05) is 52.4 Å². The highest BCUT2D eigenvalue weighted by molar-refractivity contribution is 5.65. The molecular formula is C14H32O4. The van der Waals surface area contributed by atoms with Crippen LogP contribution in [0.4, 0.5) is 0 Å². The van der Waals surface area contributed by atoms with E-state index in [2.05, 4.69) is 13.8 Å². The van der Waals surface area contributed by atoms with Crippen molar-refractivity contribution >= 4 is 5.97 Å². The minimum Gasteiger partial charge on any atom is -0.466 e. The summed E-state index contributed by atoms with van der Waals surface area (Å²) in [6.45, 7) is 6.72. The van der Waals surface area contributed by atoms with Crippen LogP contribution < -0.4 is 0 Å². The molecule has 0 aromatic heterocycles. The van der Waals surface area contributed by atoms with E-state index in [1.807, 2.05) is 0 Å². The number of ether oxygens (including phenoxy) is 1. The number of aliphatic hydroxyl groups excluding tert-OH is 1. The molecule has 0 aromatic carbocycles. The van der Waals surface area contributed by atoms with Gasteiger partial charge in [-0.25, -0.2) is 0 Å². The number of carbonyl (C=O) groups is 1. The van der Waals surface area contributed by atoms with Crippen molar-refractivity contribution in [2.24, 2.45) is 0 Å². The summed E-state index contributed by atoms with van der Waals surface area (Å²) in [5.74, 6) is -0.170. The molecule has 4 nitrogen and oxygen atoms in total. The van der Waals surface area contributed by atoms with Crippen molar-refractivity contribution in [3.8, 4) is 0 Å². The summed E-state index contributed by atoms with van der Waals surface area (Å²) >= 11 is 0. The summed E-state index contributed by atoms with van der Waals surface area (Å²) in [6, 6.07) is 0. The molecule has 0 aliphatic carbocycles. The second kappa shape index (κ2) is 21.7. The molecule has 112 valence electrons. The fourth-order valence-corrected chi connectivity index (χ4v) is 1.28. The van der Waals surface area contributed by atoms with Crippen LogP contribution in [0.25, 0.3) is 0 Å². The Balaban J connectivity index is -0.000000251. The number of aliphatic hydroxyl groups is 1. The zero-order valence-electron chi connectivity index (χ0n) is 12.3. The molecule has 0 aliphatic rings. The molecule has 0 fully saturated rings. The average molecular weight is 264 g/mol. The van der Waals surface area contributed by atoms with E-state index in [9.17, 15) is 4.79 Å². The van der Waals surface area contributed by atoms with E-state index in [1.54, 1.807) is 0 Å². The maximum atomic E-state index is 10.3. The first-order valence-electron chi connectivity index (χ1n) is 6.93. The third-order valence-electron chi connectivity index (χ3n) is 2.31. The number of hydrogen-bond acceptors (Lipinski definition) is 3. The van der Waals surface area contributed by atoms with Crippen LogP contribution in [-0.2, 0) is 9.53 Å². The Kier molecular flexibility index (Phi) is 27.1. The molecule has 0 spiro atoms. The Labute approximate surface area is 112 Å². The van der Waals surface area contributed by atoms with E-state index >= 15 is 0 Å². The first-order chi connectivity index (χ1) is 8.18. The predicted molar refractivity (Wildman–Crippen MR) is 75.6 cm³/mol. The monoisotopic (exact) mass is 264 g/mol. The van der Waals surface area contributed by atoms with Gasteiger partial charge in [0, 0.05) is 13.5 Å². The van der Waals surface area contributed by atoms with E-state index in [1.165, 1.54) is 45.4 Å².